The number of hydrogen-bond acceptors (Lipinski definition) is 2. The van der Waals surface area contributed by atoms with Gasteiger partial charge in [0.15, 0.2) is 0 Å². The summed E-state index contributed by atoms with van der Waals surface area (Å²) < 4.78 is 0. The molecule has 0 spiro atoms. The topological polar surface area (TPSA) is 32.3 Å². The molecule has 1 aliphatic rings. The van der Waals surface area contributed by atoms with Crippen LogP contribution in [0.5, 0.6) is 5.75 Å². The molecule has 0 amide bonds. The van der Waals surface area contributed by atoms with E-state index in [1.165, 1.54) is 19.3 Å². The average molecular weight is 276 g/mol. The van der Waals surface area contributed by atoms with Crippen LogP contribution in [0.2, 0.25) is 5.02 Å². The molecule has 1 atom stereocenters. The normalized spacial score (nSPS) is 19.7. The van der Waals surface area contributed by atoms with Gasteiger partial charge in [-0.05, 0) is 66.4 Å². The minimum atomic E-state index is 0.391. The highest BCUT2D eigenvalue weighted by molar-refractivity contribution is 6.31. The van der Waals surface area contributed by atoms with Crippen molar-refractivity contribution in [3.8, 4) is 5.75 Å². The van der Waals surface area contributed by atoms with Gasteiger partial charge in [0, 0.05) is 11.1 Å². The number of phenolic OH excluding ortho intramolecular Hbond substituents is 1. The van der Waals surface area contributed by atoms with Crippen LogP contribution < -0.4 is 5.32 Å². The predicted molar refractivity (Wildman–Crippen MR) is 80.0 cm³/mol. The van der Waals surface area contributed by atoms with Crippen LogP contribution in [0.1, 0.15) is 24.8 Å². The standard InChI is InChI=1S/C16H18ClNO/c17-14-5-4-11-10-16(19)13(7-12(11)8-14)9-15-3-1-2-6-18-15/h4-5,7-8,10,15,18-19H,1-3,6,9H2. The third kappa shape index (κ3) is 2.85. The first-order chi connectivity index (χ1) is 9.22. The minimum absolute atomic E-state index is 0.391. The molecule has 1 saturated heterocycles. The Morgan fingerprint density at radius 2 is 2.05 bits per heavy atom. The van der Waals surface area contributed by atoms with Gasteiger partial charge in [-0.15, -0.1) is 0 Å². The zero-order valence-corrected chi connectivity index (χ0v) is 11.6. The molecule has 3 rings (SSSR count). The molecule has 2 aromatic rings. The zero-order valence-electron chi connectivity index (χ0n) is 10.8. The monoisotopic (exact) mass is 275 g/mol. The van der Waals surface area contributed by atoms with Gasteiger partial charge >= 0.3 is 0 Å². The average Bonchev–Trinajstić information content (AvgIpc) is 2.41. The molecular formula is C16H18ClNO. The van der Waals surface area contributed by atoms with Gasteiger partial charge in [-0.3, -0.25) is 0 Å². The predicted octanol–water partition coefficient (Wildman–Crippen LogP) is 3.88. The van der Waals surface area contributed by atoms with Crippen LogP contribution in [0.4, 0.5) is 0 Å². The number of benzene rings is 2. The Hall–Kier alpha value is -1.25. The summed E-state index contributed by atoms with van der Waals surface area (Å²) in [7, 11) is 0. The second-order valence-corrected chi connectivity index (χ2v) is 5.76. The van der Waals surface area contributed by atoms with Crippen molar-refractivity contribution in [3.63, 3.8) is 0 Å². The van der Waals surface area contributed by atoms with Gasteiger partial charge in [-0.2, -0.15) is 0 Å². The van der Waals surface area contributed by atoms with E-state index in [1.807, 2.05) is 24.3 Å². The maximum Gasteiger partial charge on any atom is 0.119 e. The molecule has 2 nitrogen and oxygen atoms in total. The molecule has 19 heavy (non-hydrogen) atoms. The molecule has 0 aliphatic carbocycles. The Bertz CT molecular complexity index is 591. The van der Waals surface area contributed by atoms with E-state index >= 15 is 0 Å². The molecule has 0 saturated carbocycles. The van der Waals surface area contributed by atoms with E-state index in [0.29, 0.717) is 11.8 Å². The van der Waals surface area contributed by atoms with Crippen LogP contribution in [0.25, 0.3) is 10.8 Å². The van der Waals surface area contributed by atoms with E-state index in [0.717, 1.165) is 34.3 Å². The second-order valence-electron chi connectivity index (χ2n) is 5.32. The fourth-order valence-electron chi connectivity index (χ4n) is 2.83. The van der Waals surface area contributed by atoms with E-state index in [9.17, 15) is 5.11 Å². The molecule has 0 radical (unpaired) electrons. The lowest BCUT2D eigenvalue weighted by molar-refractivity contribution is 0.392. The van der Waals surface area contributed by atoms with Crippen LogP contribution in [-0.4, -0.2) is 17.7 Å². The van der Waals surface area contributed by atoms with Crippen molar-refractivity contribution in [2.75, 3.05) is 6.54 Å². The molecule has 0 aromatic heterocycles. The fourth-order valence-corrected chi connectivity index (χ4v) is 3.01. The molecular weight excluding hydrogens is 258 g/mol. The van der Waals surface area contributed by atoms with Gasteiger partial charge < -0.3 is 10.4 Å². The lowest BCUT2D eigenvalue weighted by Gasteiger charge is -2.24. The summed E-state index contributed by atoms with van der Waals surface area (Å²) in [6.07, 6.45) is 4.61. The number of nitrogens with one attached hydrogen (secondary N) is 1. The van der Waals surface area contributed by atoms with Gasteiger partial charge in [0.25, 0.3) is 0 Å². The first-order valence-electron chi connectivity index (χ1n) is 6.87. The smallest absolute Gasteiger partial charge is 0.119 e. The highest BCUT2D eigenvalue weighted by atomic mass is 35.5. The van der Waals surface area contributed by atoms with Crippen molar-refractivity contribution >= 4 is 22.4 Å². The summed E-state index contributed by atoms with van der Waals surface area (Å²) in [5, 5.41) is 16.5. The summed E-state index contributed by atoms with van der Waals surface area (Å²) in [6, 6.07) is 10.1. The first-order valence-corrected chi connectivity index (χ1v) is 7.25. The van der Waals surface area contributed by atoms with Crippen LogP contribution in [0.15, 0.2) is 30.3 Å². The van der Waals surface area contributed by atoms with Crippen molar-refractivity contribution in [1.29, 1.82) is 0 Å². The van der Waals surface area contributed by atoms with Gasteiger partial charge in [-0.1, -0.05) is 24.1 Å². The quantitative estimate of drug-likeness (QED) is 0.872. The van der Waals surface area contributed by atoms with Crippen LogP contribution in [0.3, 0.4) is 0 Å². The summed E-state index contributed by atoms with van der Waals surface area (Å²) >= 11 is 6.03. The lowest BCUT2D eigenvalue weighted by Crippen LogP contribution is -2.35. The third-order valence-electron chi connectivity index (χ3n) is 3.88. The Labute approximate surface area is 118 Å². The van der Waals surface area contributed by atoms with Crippen molar-refractivity contribution < 1.29 is 5.11 Å². The highest BCUT2D eigenvalue weighted by Crippen LogP contribution is 2.28. The number of aromatic hydroxyl groups is 1. The summed E-state index contributed by atoms with van der Waals surface area (Å²) in [5.74, 6) is 0.391. The van der Waals surface area contributed by atoms with Crippen molar-refractivity contribution in [1.82, 2.24) is 5.32 Å². The lowest BCUT2D eigenvalue weighted by atomic mass is 9.95. The van der Waals surface area contributed by atoms with Gasteiger partial charge in [0.2, 0.25) is 0 Å². The van der Waals surface area contributed by atoms with E-state index in [4.69, 9.17) is 11.6 Å². The van der Waals surface area contributed by atoms with E-state index in [2.05, 4.69) is 11.4 Å². The summed E-state index contributed by atoms with van der Waals surface area (Å²) in [6.45, 7) is 1.09. The molecule has 1 heterocycles. The Morgan fingerprint density at radius 3 is 2.84 bits per heavy atom. The second kappa shape index (κ2) is 5.40. The maximum absolute atomic E-state index is 10.1. The summed E-state index contributed by atoms with van der Waals surface area (Å²) in [4.78, 5) is 0. The van der Waals surface area contributed by atoms with Gasteiger partial charge in [0.1, 0.15) is 5.75 Å². The third-order valence-corrected chi connectivity index (χ3v) is 4.11. The number of rotatable bonds is 2. The maximum atomic E-state index is 10.1. The number of piperidine rings is 1. The Kier molecular flexibility index (Phi) is 3.63. The number of hydrogen-bond donors (Lipinski definition) is 2. The van der Waals surface area contributed by atoms with Crippen molar-refractivity contribution in [2.24, 2.45) is 0 Å². The van der Waals surface area contributed by atoms with Crippen LogP contribution in [0, 0.1) is 0 Å². The molecule has 1 aliphatic heterocycles. The molecule has 100 valence electrons. The van der Waals surface area contributed by atoms with Crippen molar-refractivity contribution in [3.05, 3.63) is 40.9 Å². The molecule has 2 N–H and O–H groups in total. The van der Waals surface area contributed by atoms with Crippen LogP contribution in [-0.2, 0) is 6.42 Å². The SMILES string of the molecule is Oc1cc2ccc(Cl)cc2cc1CC1CCCCN1. The Morgan fingerprint density at radius 1 is 1.16 bits per heavy atom. The van der Waals surface area contributed by atoms with Gasteiger partial charge in [-0.25, -0.2) is 0 Å². The molecule has 1 unspecified atom stereocenters. The van der Waals surface area contributed by atoms with Crippen molar-refractivity contribution in [2.45, 2.75) is 31.7 Å². The number of halogens is 1. The largest absolute Gasteiger partial charge is 0.508 e. The summed E-state index contributed by atoms with van der Waals surface area (Å²) in [5.41, 5.74) is 1.01. The first kappa shape index (κ1) is 12.8. The van der Waals surface area contributed by atoms with E-state index in [-0.39, 0.29) is 0 Å². The molecule has 2 aromatic carbocycles. The van der Waals surface area contributed by atoms with E-state index < -0.39 is 0 Å². The molecule has 1 fully saturated rings. The van der Waals surface area contributed by atoms with E-state index in [1.54, 1.807) is 0 Å². The van der Waals surface area contributed by atoms with Crippen LogP contribution >= 0.6 is 11.6 Å². The highest BCUT2D eigenvalue weighted by Gasteiger charge is 2.15. The fraction of sp³-hybridized carbons (Fsp3) is 0.375. The minimum Gasteiger partial charge on any atom is -0.508 e. The number of fused-ring (bicyclic) bond motifs is 1. The Balaban J connectivity index is 1.91. The van der Waals surface area contributed by atoms with Gasteiger partial charge in [0.05, 0.1) is 0 Å². The molecule has 0 bridgehead atoms. The number of phenols is 1. The molecule has 3 heteroatoms. The zero-order chi connectivity index (χ0) is 13.2.